The molecule has 0 aliphatic heterocycles. The molecule has 0 spiro atoms. The zero-order valence-electron chi connectivity index (χ0n) is 19.5. The average Bonchev–Trinajstić information content (AvgIpc) is 2.86. The topological polar surface area (TPSA) is 154 Å². The number of benzene rings is 2. The number of nitrogens with two attached hydrogens (primary N) is 1. The van der Waals surface area contributed by atoms with Gasteiger partial charge in [0, 0.05) is 12.0 Å². The van der Waals surface area contributed by atoms with Gasteiger partial charge < -0.3 is 14.6 Å². The van der Waals surface area contributed by atoms with Crippen LogP contribution >= 0.6 is 0 Å². The second-order valence-corrected chi connectivity index (χ2v) is 9.16. The van der Waals surface area contributed by atoms with E-state index in [1.807, 2.05) is 6.92 Å². The summed E-state index contributed by atoms with van der Waals surface area (Å²) in [5.74, 6) is 3.99. The third kappa shape index (κ3) is 4.84. The van der Waals surface area contributed by atoms with Crippen LogP contribution in [-0.4, -0.2) is 47.6 Å². The molecule has 0 saturated heterocycles. The van der Waals surface area contributed by atoms with Gasteiger partial charge in [0.2, 0.25) is 10.8 Å². The highest BCUT2D eigenvalue weighted by Gasteiger charge is 2.36. The maximum absolute atomic E-state index is 13.7. The number of aryl methyl sites for hydroxylation is 1. The first-order valence-corrected chi connectivity index (χ1v) is 12.1. The Labute approximate surface area is 202 Å². The first-order chi connectivity index (χ1) is 16.7. The Hall–Kier alpha value is -3.90. The minimum absolute atomic E-state index is 0.0303. The molecule has 3 N–H and O–H groups in total. The van der Waals surface area contributed by atoms with Crippen LogP contribution in [0.4, 0.5) is 0 Å². The number of ether oxygens (including phenoxy) is 2. The maximum Gasteiger partial charge on any atom is 0.291 e. The Morgan fingerprint density at radius 1 is 1.09 bits per heavy atom. The lowest BCUT2D eigenvalue weighted by Gasteiger charge is -2.21. The van der Waals surface area contributed by atoms with Crippen molar-refractivity contribution in [3.63, 3.8) is 0 Å². The molecule has 0 saturated carbocycles. The van der Waals surface area contributed by atoms with Gasteiger partial charge in [-0.1, -0.05) is 37.6 Å². The van der Waals surface area contributed by atoms with Crippen molar-refractivity contribution in [1.82, 2.24) is 14.0 Å². The molecule has 0 radical (unpaired) electrons. The summed E-state index contributed by atoms with van der Waals surface area (Å²) in [6.07, 6.45) is 1.56. The highest BCUT2D eigenvalue weighted by molar-refractivity contribution is 7.89. The molecule has 3 aromatic rings. The fourth-order valence-electron chi connectivity index (χ4n) is 3.46. The van der Waals surface area contributed by atoms with Gasteiger partial charge in [0.25, 0.3) is 21.5 Å². The number of aromatic hydroxyl groups is 1. The summed E-state index contributed by atoms with van der Waals surface area (Å²) in [5, 5.41) is 10.6. The molecule has 11 nitrogen and oxygen atoms in total. The molecule has 0 unspecified atom stereocenters. The summed E-state index contributed by atoms with van der Waals surface area (Å²) in [6.45, 7) is 1.92. The second-order valence-electron chi connectivity index (χ2n) is 7.41. The van der Waals surface area contributed by atoms with Crippen molar-refractivity contribution in [1.29, 1.82) is 0 Å². The largest absolute Gasteiger partial charge is 0.494 e. The lowest BCUT2D eigenvalue weighted by molar-refractivity contribution is 0.0861. The summed E-state index contributed by atoms with van der Waals surface area (Å²) >= 11 is 0. The third-order valence-corrected chi connectivity index (χ3v) is 6.77. The molecule has 1 heterocycles. The van der Waals surface area contributed by atoms with E-state index in [1.165, 1.54) is 38.5 Å². The first-order valence-electron chi connectivity index (χ1n) is 10.6. The van der Waals surface area contributed by atoms with Crippen molar-refractivity contribution in [2.24, 2.45) is 5.84 Å². The number of carbonyl (C=O) groups is 1. The number of rotatable bonds is 9. The van der Waals surface area contributed by atoms with Gasteiger partial charge in [-0.3, -0.25) is 14.2 Å². The van der Waals surface area contributed by atoms with Gasteiger partial charge in [-0.25, -0.2) is 5.84 Å². The third-order valence-electron chi connectivity index (χ3n) is 5.21. The summed E-state index contributed by atoms with van der Waals surface area (Å²) in [6, 6.07) is 12.2. The molecule has 1 aromatic heterocycles. The van der Waals surface area contributed by atoms with Gasteiger partial charge in [0.1, 0.15) is 23.0 Å². The Balaban J connectivity index is 2.31. The zero-order valence-corrected chi connectivity index (χ0v) is 20.3. The van der Waals surface area contributed by atoms with Crippen molar-refractivity contribution in [3.8, 4) is 23.1 Å². The van der Waals surface area contributed by atoms with Crippen molar-refractivity contribution in [2.75, 3.05) is 14.2 Å². The van der Waals surface area contributed by atoms with E-state index in [2.05, 4.69) is 4.98 Å². The van der Waals surface area contributed by atoms with E-state index < -0.39 is 32.3 Å². The highest BCUT2D eigenvalue weighted by atomic mass is 32.2. The molecule has 0 aliphatic rings. The number of nitrogens with zero attached hydrogens (tertiary/aromatic N) is 3. The lowest BCUT2D eigenvalue weighted by atomic mass is 10.2. The molecule has 1 amide bonds. The van der Waals surface area contributed by atoms with Gasteiger partial charge in [-0.2, -0.15) is 17.8 Å². The second kappa shape index (κ2) is 10.6. The molecule has 2 aromatic carbocycles. The lowest BCUT2D eigenvalue weighted by Crippen LogP contribution is -2.45. The van der Waals surface area contributed by atoms with Gasteiger partial charge >= 0.3 is 0 Å². The number of amides is 1. The molecule has 0 fully saturated rings. The molecule has 3 rings (SSSR count). The fourth-order valence-corrected chi connectivity index (χ4v) is 4.57. The van der Waals surface area contributed by atoms with Crippen LogP contribution in [0.25, 0.3) is 5.69 Å². The molecular formula is C23H26N4O7S. The Morgan fingerprint density at radius 3 is 2.23 bits per heavy atom. The molecule has 0 atom stereocenters. The molecule has 12 heteroatoms. The first kappa shape index (κ1) is 25.7. The van der Waals surface area contributed by atoms with Crippen LogP contribution in [0.2, 0.25) is 0 Å². The van der Waals surface area contributed by atoms with Crippen molar-refractivity contribution in [3.05, 3.63) is 70.3 Å². The number of hydrazine groups is 1. The minimum atomic E-state index is -5.02. The van der Waals surface area contributed by atoms with E-state index in [4.69, 9.17) is 15.3 Å². The number of unbranched alkanes of at least 4 members (excludes halogenated alkanes) is 1. The molecule has 0 bridgehead atoms. The van der Waals surface area contributed by atoms with Gasteiger partial charge in [-0.05, 0) is 30.7 Å². The van der Waals surface area contributed by atoms with Crippen LogP contribution in [0.15, 0.2) is 58.2 Å². The predicted molar refractivity (Wildman–Crippen MR) is 127 cm³/mol. The van der Waals surface area contributed by atoms with E-state index in [1.54, 1.807) is 24.3 Å². The van der Waals surface area contributed by atoms with Crippen molar-refractivity contribution >= 4 is 15.9 Å². The van der Waals surface area contributed by atoms with Crippen LogP contribution in [0.5, 0.6) is 17.4 Å². The average molecular weight is 503 g/mol. The predicted octanol–water partition coefficient (Wildman–Crippen LogP) is 2.00. The highest BCUT2D eigenvalue weighted by Crippen LogP contribution is 2.33. The van der Waals surface area contributed by atoms with Crippen molar-refractivity contribution in [2.45, 2.75) is 31.1 Å². The van der Waals surface area contributed by atoms with E-state index in [-0.39, 0.29) is 39.4 Å². The van der Waals surface area contributed by atoms with Crippen LogP contribution in [-0.2, 0) is 16.4 Å². The summed E-state index contributed by atoms with van der Waals surface area (Å²) in [4.78, 5) is 29.3. The van der Waals surface area contributed by atoms with Gasteiger partial charge in [-0.15, -0.1) is 0 Å². The van der Waals surface area contributed by atoms with Crippen LogP contribution in [0, 0.1) is 0 Å². The zero-order chi connectivity index (χ0) is 25.8. The summed E-state index contributed by atoms with van der Waals surface area (Å²) in [7, 11) is -2.27. The molecule has 186 valence electrons. The van der Waals surface area contributed by atoms with Crippen LogP contribution in [0.1, 0.15) is 35.9 Å². The minimum Gasteiger partial charge on any atom is -0.494 e. The smallest absolute Gasteiger partial charge is 0.291 e. The maximum atomic E-state index is 13.7. The number of para-hydroxylation sites is 1. The summed E-state index contributed by atoms with van der Waals surface area (Å²) < 4.78 is 38.3. The molecule has 35 heavy (non-hydrogen) atoms. The van der Waals surface area contributed by atoms with E-state index in [0.717, 1.165) is 11.0 Å². The summed E-state index contributed by atoms with van der Waals surface area (Å²) in [5.41, 5.74) is -1.10. The Morgan fingerprint density at radius 2 is 1.69 bits per heavy atom. The van der Waals surface area contributed by atoms with Crippen LogP contribution < -0.4 is 20.9 Å². The molecule has 0 aliphatic carbocycles. The normalized spacial score (nSPS) is 11.2. The van der Waals surface area contributed by atoms with Crippen molar-refractivity contribution < 1.29 is 27.8 Å². The number of hydrogen-bond donors (Lipinski definition) is 2. The van der Waals surface area contributed by atoms with Gasteiger partial charge in [0.15, 0.2) is 0 Å². The Bertz CT molecular complexity index is 1370. The fraction of sp³-hybridized carbons (Fsp3) is 0.261. The standard InChI is InChI=1S/C23H26N4O7S/c1-4-5-14-18-25-21(28)20(35(31,32)27(24)22(29)15-10-7-6-8-11-15)23(30)26(18)19-16(33-2)12-9-13-17(19)34-3/h6-13,28H,4-5,14,24H2,1-3H3. The monoisotopic (exact) mass is 502 g/mol. The number of methoxy groups -OCH3 is 2. The SMILES string of the molecule is CCCCc1nc(O)c(S(=O)(=O)N(N)C(=O)c2ccccc2)c(=O)n1-c1c(OC)cccc1OC. The van der Waals surface area contributed by atoms with Crippen LogP contribution in [0.3, 0.4) is 0 Å². The number of aromatic nitrogens is 2. The number of sulfonamides is 1. The van der Waals surface area contributed by atoms with Gasteiger partial charge in [0.05, 0.1) is 14.2 Å². The quantitative estimate of drug-likeness (QED) is 0.254. The number of carbonyl (C=O) groups excluding carboxylic acids is 1. The molecular weight excluding hydrogens is 476 g/mol. The number of hydrogen-bond acceptors (Lipinski definition) is 9. The van der Waals surface area contributed by atoms with E-state index >= 15 is 0 Å². The Kier molecular flexibility index (Phi) is 7.77. The van der Waals surface area contributed by atoms with E-state index in [9.17, 15) is 23.1 Å². The van der Waals surface area contributed by atoms with E-state index in [0.29, 0.717) is 6.42 Å².